The van der Waals surface area contributed by atoms with Crippen LogP contribution in [0.4, 0.5) is 22.0 Å². The number of alkyl halides is 5. The van der Waals surface area contributed by atoms with Crippen LogP contribution in [-0.2, 0) is 9.53 Å². The van der Waals surface area contributed by atoms with Gasteiger partial charge in [0.1, 0.15) is 0 Å². The molecule has 122 valence electrons. The summed E-state index contributed by atoms with van der Waals surface area (Å²) in [6.45, 7) is 5.25. The Hall–Kier alpha value is -1.29. The number of halogens is 5. The van der Waals surface area contributed by atoms with Gasteiger partial charge in [0.05, 0.1) is 0 Å². The van der Waals surface area contributed by atoms with Crippen molar-refractivity contribution in [3.63, 3.8) is 0 Å². The van der Waals surface area contributed by atoms with Gasteiger partial charge in [0.2, 0.25) is 0 Å². The molecule has 0 aliphatic carbocycles. The van der Waals surface area contributed by atoms with Gasteiger partial charge in [-0.25, -0.2) is 4.74 Å². The number of aliphatic hydroxyl groups is 1. The Kier molecular flexibility index (Phi) is 4.12. The predicted molar refractivity (Wildman–Crippen MR) is 61.1 cm³/mol. The fraction of sp³-hybridized carbons (Fsp3) is 0.818. The van der Waals surface area contributed by atoms with Crippen molar-refractivity contribution >= 4 is 11.6 Å². The number of hydrogen-bond donors (Lipinski definition) is 1. The molecule has 21 heavy (non-hydrogen) atoms. The number of hydrogen-bond acceptors (Lipinski definition) is 4. The lowest BCUT2D eigenvalue weighted by Crippen LogP contribution is -2.62. The number of amides is 1. The summed E-state index contributed by atoms with van der Waals surface area (Å²) in [5.74, 6) is -1.06. The Morgan fingerprint density at radius 1 is 1.29 bits per heavy atom. The van der Waals surface area contributed by atoms with Crippen molar-refractivity contribution < 1.29 is 36.6 Å². The van der Waals surface area contributed by atoms with Crippen LogP contribution in [-0.4, -0.2) is 39.9 Å². The second-order valence-electron chi connectivity index (χ2n) is 5.76. The normalized spacial score (nSPS) is 24.3. The summed E-state index contributed by atoms with van der Waals surface area (Å²) in [6.07, 6.45) is -11.7. The highest BCUT2D eigenvalue weighted by atomic mass is 19.4. The Balaban J connectivity index is 3.22. The molecule has 0 aromatic carbocycles. The van der Waals surface area contributed by atoms with E-state index in [-0.39, 0.29) is 10.7 Å². The standard InChI is InChI=1S/C11H15F5N2O3/c1-6-5-9(20,10(12,13)21-11(14,15)16)18(17-6)7(19)8(2,3)4/h20H,5H2,1-4H3/t9-/m0/s1. The lowest BCUT2D eigenvalue weighted by atomic mass is 9.93. The van der Waals surface area contributed by atoms with Crippen molar-refractivity contribution in [1.29, 1.82) is 0 Å². The van der Waals surface area contributed by atoms with Crippen LogP contribution in [0.2, 0.25) is 0 Å². The summed E-state index contributed by atoms with van der Waals surface area (Å²) < 4.78 is 66.4. The van der Waals surface area contributed by atoms with Crippen LogP contribution < -0.4 is 0 Å². The van der Waals surface area contributed by atoms with Gasteiger partial charge in [0.15, 0.2) is 0 Å². The van der Waals surface area contributed by atoms with E-state index in [4.69, 9.17) is 0 Å². The van der Waals surface area contributed by atoms with Gasteiger partial charge in [-0.05, 0) is 6.92 Å². The van der Waals surface area contributed by atoms with E-state index in [9.17, 15) is 31.9 Å². The lowest BCUT2D eigenvalue weighted by molar-refractivity contribution is -0.469. The molecule has 1 atom stereocenters. The summed E-state index contributed by atoms with van der Waals surface area (Å²) >= 11 is 0. The fourth-order valence-corrected chi connectivity index (χ4v) is 1.70. The van der Waals surface area contributed by atoms with Gasteiger partial charge in [0, 0.05) is 17.5 Å². The van der Waals surface area contributed by atoms with E-state index in [1.165, 1.54) is 27.7 Å². The number of carbonyl (C=O) groups is 1. The Morgan fingerprint density at radius 2 is 1.76 bits per heavy atom. The van der Waals surface area contributed by atoms with E-state index in [1.54, 1.807) is 0 Å². The minimum atomic E-state index is -5.69. The molecule has 5 nitrogen and oxygen atoms in total. The molecular weight excluding hydrogens is 303 g/mol. The Morgan fingerprint density at radius 3 is 2.14 bits per heavy atom. The second kappa shape index (κ2) is 4.87. The van der Waals surface area contributed by atoms with Crippen LogP contribution in [0.1, 0.15) is 34.1 Å². The van der Waals surface area contributed by atoms with E-state index >= 15 is 0 Å². The third-order valence-electron chi connectivity index (χ3n) is 2.67. The molecule has 1 amide bonds. The summed E-state index contributed by atoms with van der Waals surface area (Å²) in [7, 11) is 0. The van der Waals surface area contributed by atoms with Crippen LogP contribution in [0, 0.1) is 5.41 Å². The van der Waals surface area contributed by atoms with Crippen molar-refractivity contribution in [2.75, 3.05) is 0 Å². The molecule has 0 saturated heterocycles. The summed E-state index contributed by atoms with van der Waals surface area (Å²) in [4.78, 5) is 12.0. The highest BCUT2D eigenvalue weighted by molar-refractivity contribution is 5.90. The van der Waals surface area contributed by atoms with Crippen LogP contribution in [0.3, 0.4) is 0 Å². The molecule has 0 bridgehead atoms. The van der Waals surface area contributed by atoms with E-state index < -0.39 is 35.9 Å². The van der Waals surface area contributed by atoms with Gasteiger partial charge >= 0.3 is 12.5 Å². The zero-order valence-corrected chi connectivity index (χ0v) is 11.8. The SMILES string of the molecule is CC1=NN(C(=O)C(C)(C)C)[C@@](O)(C(F)(F)OC(F)(F)F)C1. The van der Waals surface area contributed by atoms with Crippen molar-refractivity contribution in [2.45, 2.75) is 52.3 Å². The van der Waals surface area contributed by atoms with Crippen LogP contribution >= 0.6 is 0 Å². The minimum Gasteiger partial charge on any atom is -0.362 e. The zero-order valence-electron chi connectivity index (χ0n) is 11.8. The quantitative estimate of drug-likeness (QED) is 0.796. The molecule has 0 fully saturated rings. The van der Waals surface area contributed by atoms with E-state index in [0.717, 1.165) is 0 Å². The van der Waals surface area contributed by atoms with Crippen LogP contribution in [0.25, 0.3) is 0 Å². The first-order valence-corrected chi connectivity index (χ1v) is 5.86. The summed E-state index contributed by atoms with van der Waals surface area (Å²) in [6, 6.07) is 0. The molecule has 0 aromatic rings. The van der Waals surface area contributed by atoms with Crippen molar-refractivity contribution in [1.82, 2.24) is 5.01 Å². The maximum absolute atomic E-state index is 13.7. The van der Waals surface area contributed by atoms with Gasteiger partial charge in [-0.3, -0.25) is 4.79 Å². The molecule has 0 unspecified atom stereocenters. The number of carbonyl (C=O) groups excluding carboxylic acids is 1. The smallest absolute Gasteiger partial charge is 0.362 e. The van der Waals surface area contributed by atoms with Crippen molar-refractivity contribution in [3.8, 4) is 0 Å². The molecule has 0 saturated carbocycles. The maximum Gasteiger partial charge on any atom is 0.527 e. The fourth-order valence-electron chi connectivity index (χ4n) is 1.70. The monoisotopic (exact) mass is 318 g/mol. The van der Waals surface area contributed by atoms with Gasteiger partial charge in [0.25, 0.3) is 11.6 Å². The van der Waals surface area contributed by atoms with Crippen molar-refractivity contribution in [2.24, 2.45) is 10.5 Å². The molecule has 0 radical (unpaired) electrons. The van der Waals surface area contributed by atoms with E-state index in [0.29, 0.717) is 0 Å². The highest BCUT2D eigenvalue weighted by Crippen LogP contribution is 2.44. The van der Waals surface area contributed by atoms with Crippen molar-refractivity contribution in [3.05, 3.63) is 0 Å². The molecule has 1 aliphatic rings. The number of rotatable bonds is 2. The molecule has 1 aliphatic heterocycles. The van der Waals surface area contributed by atoms with Crippen LogP contribution in [0.5, 0.6) is 0 Å². The lowest BCUT2D eigenvalue weighted by Gasteiger charge is -2.38. The molecule has 1 rings (SSSR count). The Labute approximate surface area is 117 Å². The minimum absolute atomic E-state index is 0.0337. The molecule has 0 spiro atoms. The second-order valence-corrected chi connectivity index (χ2v) is 5.76. The number of ether oxygens (including phenoxy) is 1. The van der Waals surface area contributed by atoms with Gasteiger partial charge in [-0.1, -0.05) is 20.8 Å². The van der Waals surface area contributed by atoms with Gasteiger partial charge in [-0.15, -0.1) is 13.2 Å². The summed E-state index contributed by atoms with van der Waals surface area (Å²) in [5.41, 5.74) is -4.89. The van der Waals surface area contributed by atoms with E-state index in [2.05, 4.69) is 9.84 Å². The topological polar surface area (TPSA) is 62.1 Å². The number of nitrogens with zero attached hydrogens (tertiary/aromatic N) is 2. The molecule has 10 heteroatoms. The molecule has 1 heterocycles. The molecule has 1 N–H and O–H groups in total. The van der Waals surface area contributed by atoms with Crippen LogP contribution in [0.15, 0.2) is 5.10 Å². The zero-order chi connectivity index (χ0) is 16.9. The van der Waals surface area contributed by atoms with Gasteiger partial charge in [-0.2, -0.15) is 18.9 Å². The average molecular weight is 318 g/mol. The largest absolute Gasteiger partial charge is 0.527 e. The third kappa shape index (κ3) is 3.49. The predicted octanol–water partition coefficient (Wildman–Crippen LogP) is 2.46. The van der Waals surface area contributed by atoms with E-state index in [1.807, 2.05) is 0 Å². The van der Waals surface area contributed by atoms with Gasteiger partial charge < -0.3 is 5.11 Å². The molecule has 0 aromatic heterocycles. The highest BCUT2D eigenvalue weighted by Gasteiger charge is 2.67. The third-order valence-corrected chi connectivity index (χ3v) is 2.67. The average Bonchev–Trinajstić information content (AvgIpc) is 2.49. The number of hydrazone groups is 1. The first-order chi connectivity index (χ1) is 9.10. The molecular formula is C11H15F5N2O3. The maximum atomic E-state index is 13.7. The Bertz CT molecular complexity index is 469. The first-order valence-electron chi connectivity index (χ1n) is 5.86. The summed E-state index contributed by atoms with van der Waals surface area (Å²) in [5, 5.41) is 13.4. The first kappa shape index (κ1) is 17.8.